The molecule has 1 fully saturated rings. The number of nitrogens with one attached hydrogen (secondary N) is 3. The Balaban J connectivity index is 1.52. The SMILES string of the molecule is O=C(NOC(Cc1ccncn1)C1CC1)c1c[nH]c(=O)c(F)c1Nc1ccc(Br)cc1F. The molecule has 1 aliphatic rings. The van der Waals surface area contributed by atoms with Crippen LogP contribution in [-0.2, 0) is 11.3 Å². The highest BCUT2D eigenvalue weighted by molar-refractivity contribution is 9.10. The fourth-order valence-electron chi connectivity index (χ4n) is 3.13. The summed E-state index contributed by atoms with van der Waals surface area (Å²) >= 11 is 3.13. The Morgan fingerprint density at radius 1 is 1.31 bits per heavy atom. The molecule has 4 rings (SSSR count). The van der Waals surface area contributed by atoms with E-state index < -0.39 is 28.8 Å². The molecule has 2 aromatic heterocycles. The number of anilines is 2. The Morgan fingerprint density at radius 3 is 2.81 bits per heavy atom. The molecule has 32 heavy (non-hydrogen) atoms. The molecule has 166 valence electrons. The monoisotopic (exact) mass is 505 g/mol. The van der Waals surface area contributed by atoms with Gasteiger partial charge in [-0.1, -0.05) is 15.9 Å². The molecule has 3 aromatic rings. The van der Waals surface area contributed by atoms with Crippen molar-refractivity contribution in [2.24, 2.45) is 5.92 Å². The number of hydrogen-bond donors (Lipinski definition) is 3. The van der Waals surface area contributed by atoms with Gasteiger partial charge in [-0.05, 0) is 43.0 Å². The van der Waals surface area contributed by atoms with Crippen LogP contribution in [0.5, 0.6) is 0 Å². The van der Waals surface area contributed by atoms with Crippen LogP contribution in [0.4, 0.5) is 20.2 Å². The van der Waals surface area contributed by atoms with Crippen molar-refractivity contribution in [1.82, 2.24) is 20.4 Å². The van der Waals surface area contributed by atoms with Crippen LogP contribution in [0.15, 0.2) is 52.3 Å². The molecule has 1 aliphatic carbocycles. The summed E-state index contributed by atoms with van der Waals surface area (Å²) in [6.45, 7) is 0. The molecular formula is C21H18BrF2N5O3. The fraction of sp³-hybridized carbons (Fsp3) is 0.238. The summed E-state index contributed by atoms with van der Waals surface area (Å²) in [6, 6.07) is 5.81. The number of aromatic amines is 1. The number of carbonyl (C=O) groups is 1. The average Bonchev–Trinajstić information content (AvgIpc) is 3.62. The van der Waals surface area contributed by atoms with E-state index in [0.29, 0.717) is 10.9 Å². The maximum atomic E-state index is 14.6. The maximum absolute atomic E-state index is 14.6. The normalized spacial score (nSPS) is 14.1. The molecule has 1 aromatic carbocycles. The van der Waals surface area contributed by atoms with Gasteiger partial charge in [0.25, 0.3) is 11.5 Å². The summed E-state index contributed by atoms with van der Waals surface area (Å²) < 4.78 is 29.3. The molecule has 0 saturated heterocycles. The predicted molar refractivity (Wildman–Crippen MR) is 115 cm³/mol. The van der Waals surface area contributed by atoms with E-state index in [9.17, 15) is 18.4 Å². The van der Waals surface area contributed by atoms with Crippen molar-refractivity contribution in [1.29, 1.82) is 0 Å². The van der Waals surface area contributed by atoms with E-state index in [4.69, 9.17) is 4.84 Å². The molecule has 0 radical (unpaired) electrons. The number of carbonyl (C=O) groups excluding carboxylic acids is 1. The first-order valence-corrected chi connectivity index (χ1v) is 10.6. The van der Waals surface area contributed by atoms with Gasteiger partial charge in [0.05, 0.1) is 23.0 Å². The predicted octanol–water partition coefficient (Wildman–Crippen LogP) is 3.63. The number of halogens is 3. The van der Waals surface area contributed by atoms with Crippen molar-refractivity contribution in [3.63, 3.8) is 0 Å². The van der Waals surface area contributed by atoms with E-state index in [-0.39, 0.29) is 23.3 Å². The molecule has 11 heteroatoms. The minimum Gasteiger partial charge on any atom is -0.350 e. The zero-order valence-corrected chi connectivity index (χ0v) is 18.2. The molecule has 8 nitrogen and oxygen atoms in total. The first kappa shape index (κ1) is 22.0. The van der Waals surface area contributed by atoms with Crippen LogP contribution in [0.2, 0.25) is 0 Å². The van der Waals surface area contributed by atoms with Crippen LogP contribution in [-0.4, -0.2) is 27.0 Å². The standard InChI is InChI=1S/C21H18BrF2N5O3/c22-12-3-4-16(15(23)7-12)28-19-14(9-26-21(31)18(19)24)20(30)29-32-17(11-1-2-11)8-13-5-6-25-10-27-13/h3-7,9-11,17H,1-2,8H2,(H,29,30)(H2,26,28,31). The van der Waals surface area contributed by atoms with Crippen LogP contribution < -0.4 is 16.4 Å². The molecule has 1 unspecified atom stereocenters. The number of hydrogen-bond acceptors (Lipinski definition) is 6. The number of pyridine rings is 1. The number of H-pyrrole nitrogens is 1. The summed E-state index contributed by atoms with van der Waals surface area (Å²) in [5.41, 5.74) is 1.21. The highest BCUT2D eigenvalue weighted by atomic mass is 79.9. The summed E-state index contributed by atoms with van der Waals surface area (Å²) in [4.78, 5) is 40.3. The number of nitrogens with zero attached hydrogens (tertiary/aromatic N) is 2. The lowest BCUT2D eigenvalue weighted by molar-refractivity contribution is -0.0260. The minimum atomic E-state index is -1.25. The molecular weight excluding hydrogens is 488 g/mol. The average molecular weight is 506 g/mol. The smallest absolute Gasteiger partial charge is 0.286 e. The number of hydroxylamine groups is 1. The third kappa shape index (κ3) is 5.17. The van der Waals surface area contributed by atoms with Gasteiger partial charge < -0.3 is 10.3 Å². The lowest BCUT2D eigenvalue weighted by atomic mass is 10.1. The highest BCUT2D eigenvalue weighted by Crippen LogP contribution is 2.35. The molecule has 2 heterocycles. The zero-order chi connectivity index (χ0) is 22.7. The Hall–Kier alpha value is -3.18. The molecule has 1 saturated carbocycles. The molecule has 3 N–H and O–H groups in total. The summed E-state index contributed by atoms with van der Waals surface area (Å²) in [5.74, 6) is -2.49. The van der Waals surface area contributed by atoms with E-state index in [1.807, 2.05) is 0 Å². The fourth-order valence-corrected chi connectivity index (χ4v) is 3.47. The van der Waals surface area contributed by atoms with Crippen LogP contribution in [0, 0.1) is 17.6 Å². The summed E-state index contributed by atoms with van der Waals surface area (Å²) in [6.07, 6.45) is 6.13. The quantitative estimate of drug-likeness (QED) is 0.403. The van der Waals surface area contributed by atoms with Gasteiger partial charge in [0.15, 0.2) is 0 Å². The van der Waals surface area contributed by atoms with E-state index >= 15 is 0 Å². The zero-order valence-electron chi connectivity index (χ0n) is 16.6. The van der Waals surface area contributed by atoms with Crippen molar-refractivity contribution in [3.05, 3.63) is 80.7 Å². The van der Waals surface area contributed by atoms with E-state index in [1.54, 1.807) is 12.3 Å². The first-order valence-electron chi connectivity index (χ1n) is 9.76. The number of benzene rings is 1. The van der Waals surface area contributed by atoms with Gasteiger partial charge in [-0.3, -0.25) is 14.4 Å². The summed E-state index contributed by atoms with van der Waals surface area (Å²) in [7, 11) is 0. The van der Waals surface area contributed by atoms with Gasteiger partial charge >= 0.3 is 0 Å². The third-order valence-electron chi connectivity index (χ3n) is 4.98. The Bertz CT molecular complexity index is 1190. The Kier molecular flexibility index (Phi) is 6.56. The number of rotatable bonds is 8. The second kappa shape index (κ2) is 9.53. The van der Waals surface area contributed by atoms with Crippen LogP contribution in [0.1, 0.15) is 28.9 Å². The molecule has 0 bridgehead atoms. The molecule has 0 aliphatic heterocycles. The van der Waals surface area contributed by atoms with Crippen molar-refractivity contribution in [2.75, 3.05) is 5.32 Å². The topological polar surface area (TPSA) is 109 Å². The second-order valence-electron chi connectivity index (χ2n) is 7.30. The first-order chi connectivity index (χ1) is 15.4. The van der Waals surface area contributed by atoms with Crippen LogP contribution >= 0.6 is 15.9 Å². The lowest BCUT2D eigenvalue weighted by Gasteiger charge is -2.18. The van der Waals surface area contributed by atoms with Gasteiger partial charge in [0, 0.05) is 29.0 Å². The van der Waals surface area contributed by atoms with Gasteiger partial charge in [-0.25, -0.2) is 19.8 Å². The molecule has 0 spiro atoms. The lowest BCUT2D eigenvalue weighted by Crippen LogP contribution is -2.33. The van der Waals surface area contributed by atoms with Gasteiger partial charge in [-0.2, -0.15) is 4.39 Å². The van der Waals surface area contributed by atoms with Crippen molar-refractivity contribution in [3.8, 4) is 0 Å². The number of aromatic nitrogens is 3. The van der Waals surface area contributed by atoms with E-state index in [2.05, 4.69) is 41.7 Å². The van der Waals surface area contributed by atoms with Gasteiger partial charge in [-0.15, -0.1) is 0 Å². The highest BCUT2D eigenvalue weighted by Gasteiger charge is 2.33. The third-order valence-corrected chi connectivity index (χ3v) is 5.47. The Morgan fingerprint density at radius 2 is 2.12 bits per heavy atom. The minimum absolute atomic E-state index is 0.104. The second-order valence-corrected chi connectivity index (χ2v) is 8.22. The Labute approximate surface area is 189 Å². The molecule has 1 amide bonds. The van der Waals surface area contributed by atoms with Crippen molar-refractivity contribution >= 4 is 33.2 Å². The van der Waals surface area contributed by atoms with E-state index in [0.717, 1.165) is 24.7 Å². The number of amides is 1. The molecule has 1 atom stereocenters. The van der Waals surface area contributed by atoms with E-state index in [1.165, 1.54) is 24.5 Å². The summed E-state index contributed by atoms with van der Waals surface area (Å²) in [5, 5.41) is 2.50. The van der Waals surface area contributed by atoms with Crippen molar-refractivity contribution in [2.45, 2.75) is 25.4 Å². The van der Waals surface area contributed by atoms with Crippen LogP contribution in [0.3, 0.4) is 0 Å². The van der Waals surface area contributed by atoms with Gasteiger partial charge in [0.2, 0.25) is 5.82 Å². The van der Waals surface area contributed by atoms with Gasteiger partial charge in [0.1, 0.15) is 12.1 Å². The van der Waals surface area contributed by atoms with Crippen molar-refractivity contribution < 1.29 is 18.4 Å². The maximum Gasteiger partial charge on any atom is 0.286 e. The largest absolute Gasteiger partial charge is 0.350 e. The van der Waals surface area contributed by atoms with Crippen LogP contribution in [0.25, 0.3) is 0 Å².